The highest BCUT2D eigenvalue weighted by Crippen LogP contribution is 2.34. The van der Waals surface area contributed by atoms with Crippen LogP contribution in [0.4, 0.5) is 13.2 Å². The van der Waals surface area contributed by atoms with Gasteiger partial charge in [0.25, 0.3) is 0 Å². The lowest BCUT2D eigenvalue weighted by Crippen LogP contribution is -2.12. The summed E-state index contributed by atoms with van der Waals surface area (Å²) in [5.74, 6) is -0.953. The van der Waals surface area contributed by atoms with E-state index >= 15 is 0 Å². The number of nitrogens with zero attached hydrogens (tertiary/aromatic N) is 5. The van der Waals surface area contributed by atoms with Crippen LogP contribution in [0, 0.1) is 0 Å². The molecule has 4 aromatic heterocycles. The number of imidazole rings is 2. The summed E-state index contributed by atoms with van der Waals surface area (Å²) in [5, 5.41) is 0. The molecule has 5 nitrogen and oxygen atoms in total. The predicted molar refractivity (Wildman–Crippen MR) is 77.7 cm³/mol. The van der Waals surface area contributed by atoms with Crippen LogP contribution in [0.1, 0.15) is 5.82 Å². The van der Waals surface area contributed by atoms with Crippen LogP contribution in [0.15, 0.2) is 43.0 Å². The normalized spacial score (nSPS) is 12.3. The summed E-state index contributed by atoms with van der Waals surface area (Å²) < 4.78 is 42.0. The zero-order valence-corrected chi connectivity index (χ0v) is 11.9. The van der Waals surface area contributed by atoms with Crippen LogP contribution in [-0.4, -0.2) is 23.9 Å². The van der Waals surface area contributed by atoms with Gasteiger partial charge in [-0.05, 0) is 12.1 Å². The van der Waals surface area contributed by atoms with Crippen molar-refractivity contribution >= 4 is 16.7 Å². The van der Waals surface area contributed by atoms with Gasteiger partial charge in [0, 0.05) is 31.2 Å². The second kappa shape index (κ2) is 4.55. The van der Waals surface area contributed by atoms with Crippen LogP contribution < -0.4 is 0 Å². The van der Waals surface area contributed by atoms with E-state index in [-0.39, 0.29) is 5.52 Å². The molecule has 0 fully saturated rings. The summed E-state index contributed by atoms with van der Waals surface area (Å²) in [7, 11) is 1.34. The van der Waals surface area contributed by atoms with Gasteiger partial charge in [0.05, 0.1) is 17.4 Å². The number of hydrogen-bond acceptors (Lipinski definition) is 3. The standard InChI is InChI=1S/C15H10F3N5/c1-22-13-9(11-8-23-5-3-2-4-12(23)20-11)6-19-7-10(13)21-14(22)15(16,17)18/h2-8H,1H3. The Morgan fingerprint density at radius 3 is 2.65 bits per heavy atom. The number of aryl methyl sites for hydroxylation is 1. The number of alkyl halides is 3. The summed E-state index contributed by atoms with van der Waals surface area (Å²) in [6.45, 7) is 0. The molecule has 4 heterocycles. The van der Waals surface area contributed by atoms with Crippen molar-refractivity contribution < 1.29 is 13.2 Å². The van der Waals surface area contributed by atoms with Crippen molar-refractivity contribution in [3.05, 3.63) is 48.8 Å². The molecule has 23 heavy (non-hydrogen) atoms. The third kappa shape index (κ3) is 2.06. The Bertz CT molecular complexity index is 996. The van der Waals surface area contributed by atoms with Crippen LogP contribution in [-0.2, 0) is 13.2 Å². The van der Waals surface area contributed by atoms with Gasteiger partial charge >= 0.3 is 6.18 Å². The van der Waals surface area contributed by atoms with E-state index in [1.165, 1.54) is 19.4 Å². The molecule has 0 unspecified atom stereocenters. The quantitative estimate of drug-likeness (QED) is 0.541. The number of rotatable bonds is 1. The van der Waals surface area contributed by atoms with Crippen molar-refractivity contribution in [3.8, 4) is 11.3 Å². The Balaban J connectivity index is 2.02. The maximum Gasteiger partial charge on any atom is 0.449 e. The van der Waals surface area contributed by atoms with Gasteiger partial charge in [0.1, 0.15) is 11.2 Å². The highest BCUT2D eigenvalue weighted by molar-refractivity contribution is 5.91. The SMILES string of the molecule is Cn1c(C(F)(F)F)nc2cncc(-c3cn4ccccc4n3)c21. The monoisotopic (exact) mass is 317 g/mol. The fraction of sp³-hybridized carbons (Fsp3) is 0.133. The first-order chi connectivity index (χ1) is 10.9. The van der Waals surface area contributed by atoms with Gasteiger partial charge in [-0.15, -0.1) is 0 Å². The second-order valence-corrected chi connectivity index (χ2v) is 5.14. The van der Waals surface area contributed by atoms with E-state index in [2.05, 4.69) is 15.0 Å². The Hall–Kier alpha value is -2.90. The van der Waals surface area contributed by atoms with Gasteiger partial charge in [-0.2, -0.15) is 13.2 Å². The van der Waals surface area contributed by atoms with Crippen molar-refractivity contribution in [2.75, 3.05) is 0 Å². The van der Waals surface area contributed by atoms with E-state index in [0.717, 1.165) is 4.57 Å². The zero-order chi connectivity index (χ0) is 16.2. The second-order valence-electron chi connectivity index (χ2n) is 5.14. The first-order valence-electron chi connectivity index (χ1n) is 6.77. The van der Waals surface area contributed by atoms with Crippen LogP contribution in [0.3, 0.4) is 0 Å². The third-order valence-electron chi connectivity index (χ3n) is 3.67. The molecule has 116 valence electrons. The first-order valence-corrected chi connectivity index (χ1v) is 6.77. The van der Waals surface area contributed by atoms with Crippen LogP contribution in [0.25, 0.3) is 27.9 Å². The first kappa shape index (κ1) is 13.7. The molecule has 4 aromatic rings. The van der Waals surface area contributed by atoms with Gasteiger partial charge < -0.3 is 8.97 Å². The van der Waals surface area contributed by atoms with Crippen molar-refractivity contribution in [2.45, 2.75) is 6.18 Å². The molecule has 0 aliphatic heterocycles. The lowest BCUT2D eigenvalue weighted by atomic mass is 10.2. The minimum atomic E-state index is -4.52. The number of aromatic nitrogens is 5. The van der Waals surface area contributed by atoms with Gasteiger partial charge in [-0.25, -0.2) is 9.97 Å². The Morgan fingerprint density at radius 1 is 1.09 bits per heavy atom. The Kier molecular flexibility index (Phi) is 2.72. The summed E-state index contributed by atoms with van der Waals surface area (Å²) >= 11 is 0. The molecule has 8 heteroatoms. The minimum absolute atomic E-state index is 0.189. The van der Waals surface area contributed by atoms with E-state index in [1.54, 1.807) is 10.6 Å². The fourth-order valence-corrected chi connectivity index (χ4v) is 2.68. The van der Waals surface area contributed by atoms with Crippen LogP contribution in [0.5, 0.6) is 0 Å². The lowest BCUT2D eigenvalue weighted by Gasteiger charge is -2.07. The Labute approximate surface area is 128 Å². The van der Waals surface area contributed by atoms with Gasteiger partial charge in [0.2, 0.25) is 5.82 Å². The molecule has 0 aliphatic carbocycles. The van der Waals surface area contributed by atoms with Gasteiger partial charge in [-0.1, -0.05) is 6.07 Å². The maximum atomic E-state index is 13.1. The summed E-state index contributed by atoms with van der Waals surface area (Å²) in [6.07, 6.45) is 1.88. The molecular formula is C15H10F3N5. The fourth-order valence-electron chi connectivity index (χ4n) is 2.68. The van der Waals surface area contributed by atoms with E-state index in [0.29, 0.717) is 22.4 Å². The Morgan fingerprint density at radius 2 is 1.91 bits per heavy atom. The summed E-state index contributed by atoms with van der Waals surface area (Å²) in [6, 6.07) is 5.52. The molecule has 0 amide bonds. The maximum absolute atomic E-state index is 13.1. The van der Waals surface area contributed by atoms with Crippen LogP contribution in [0.2, 0.25) is 0 Å². The van der Waals surface area contributed by atoms with E-state index in [9.17, 15) is 13.2 Å². The molecule has 0 saturated heterocycles. The summed E-state index contributed by atoms with van der Waals surface area (Å²) in [4.78, 5) is 12.1. The van der Waals surface area contributed by atoms with Crippen molar-refractivity contribution in [2.24, 2.45) is 7.05 Å². The van der Waals surface area contributed by atoms with E-state index in [4.69, 9.17) is 0 Å². The van der Waals surface area contributed by atoms with Gasteiger partial charge in [0.15, 0.2) is 0 Å². The highest BCUT2D eigenvalue weighted by Gasteiger charge is 2.37. The van der Waals surface area contributed by atoms with Gasteiger partial charge in [-0.3, -0.25) is 4.98 Å². The minimum Gasteiger partial charge on any atom is -0.323 e. The number of halogens is 3. The molecule has 4 rings (SSSR count). The van der Waals surface area contributed by atoms with Crippen molar-refractivity contribution in [3.63, 3.8) is 0 Å². The van der Waals surface area contributed by atoms with Crippen molar-refractivity contribution in [1.29, 1.82) is 0 Å². The molecule has 0 radical (unpaired) electrons. The number of hydrogen-bond donors (Lipinski definition) is 0. The average Bonchev–Trinajstić information content (AvgIpc) is 3.08. The lowest BCUT2D eigenvalue weighted by molar-refractivity contribution is -0.146. The van der Waals surface area contributed by atoms with Crippen molar-refractivity contribution in [1.82, 2.24) is 23.9 Å². The molecule has 0 aliphatic rings. The molecule has 0 aromatic carbocycles. The molecule has 0 saturated carbocycles. The molecule has 0 spiro atoms. The predicted octanol–water partition coefficient (Wildman–Crippen LogP) is 3.30. The average molecular weight is 317 g/mol. The topological polar surface area (TPSA) is 48.0 Å². The highest BCUT2D eigenvalue weighted by atomic mass is 19.4. The zero-order valence-electron chi connectivity index (χ0n) is 11.9. The van der Waals surface area contributed by atoms with Crippen LogP contribution >= 0.6 is 0 Å². The van der Waals surface area contributed by atoms with E-state index in [1.807, 2.05) is 24.4 Å². The molecule has 0 atom stereocenters. The third-order valence-corrected chi connectivity index (χ3v) is 3.67. The number of pyridine rings is 2. The number of fused-ring (bicyclic) bond motifs is 2. The molecular weight excluding hydrogens is 307 g/mol. The van der Waals surface area contributed by atoms with E-state index < -0.39 is 12.0 Å². The smallest absolute Gasteiger partial charge is 0.323 e. The molecule has 0 N–H and O–H groups in total. The molecule has 0 bridgehead atoms. The summed E-state index contributed by atoms with van der Waals surface area (Å²) in [5.41, 5.74) is 2.31. The largest absolute Gasteiger partial charge is 0.449 e.